The minimum atomic E-state index is -0.803. The topological polar surface area (TPSA) is 88.4 Å². The van der Waals surface area contributed by atoms with Gasteiger partial charge in [0.1, 0.15) is 11.8 Å². The number of allylic oxidation sites excluding steroid dienone is 1. The number of aromatic nitrogens is 1. The molecule has 0 radical (unpaired) electrons. The van der Waals surface area contributed by atoms with Gasteiger partial charge in [0.2, 0.25) is 0 Å². The molecule has 3 aromatic rings. The van der Waals surface area contributed by atoms with Crippen molar-refractivity contribution in [1.82, 2.24) is 4.57 Å². The van der Waals surface area contributed by atoms with Gasteiger partial charge in [-0.05, 0) is 43.7 Å². The highest BCUT2D eigenvalue weighted by Gasteiger charge is 2.35. The molecule has 9 heteroatoms. The predicted octanol–water partition coefficient (Wildman–Crippen LogP) is 2.82. The molecule has 0 amide bonds. The van der Waals surface area contributed by atoms with Gasteiger partial charge in [-0.15, -0.1) is 0 Å². The molecule has 0 unspecified atom stereocenters. The molecule has 0 bridgehead atoms. The molecule has 8 nitrogen and oxygen atoms in total. The van der Waals surface area contributed by atoms with Crippen molar-refractivity contribution in [1.29, 1.82) is 0 Å². The second-order valence-corrected chi connectivity index (χ2v) is 8.67. The maximum Gasteiger partial charge on any atom is 0.338 e. The first-order valence-corrected chi connectivity index (χ1v) is 11.8. The summed E-state index contributed by atoms with van der Waals surface area (Å²) in [5.74, 6) is 1.07. The minimum absolute atomic E-state index is 0.192. The summed E-state index contributed by atoms with van der Waals surface area (Å²) in [7, 11) is 4.65. The van der Waals surface area contributed by atoms with Gasteiger partial charge in [0, 0.05) is 5.56 Å². The summed E-state index contributed by atoms with van der Waals surface area (Å²) in [5, 5.41) is 0. The number of ether oxygens (including phenoxy) is 4. The van der Waals surface area contributed by atoms with Gasteiger partial charge in [-0.3, -0.25) is 9.36 Å². The molecule has 0 N–H and O–H groups in total. The van der Waals surface area contributed by atoms with Crippen LogP contribution in [0.2, 0.25) is 0 Å². The maximum absolute atomic E-state index is 13.7. The largest absolute Gasteiger partial charge is 0.497 e. The SMILES string of the molecule is CCOC(=O)C1=C(C)N=c2s/c(=C\c3cccc(OC)c3)c(=O)n2[C@@H]1c1cccc(OC)c1OC. The zero-order valence-corrected chi connectivity index (χ0v) is 21.0. The standard InChI is InChI=1S/C26H26N2O6S/c1-6-34-25(30)21-15(2)27-26-28(22(21)18-11-8-12-19(32-4)23(18)33-5)24(29)20(35-26)14-16-9-7-10-17(13-16)31-3/h7-14,22H,6H2,1-5H3/b20-14-/t22-/m1/s1. The number of fused-ring (bicyclic) bond motifs is 1. The fraction of sp³-hybridized carbons (Fsp3) is 0.269. The van der Waals surface area contributed by atoms with Crippen LogP contribution in [0.15, 0.2) is 63.5 Å². The Bertz CT molecular complexity index is 1480. The molecule has 0 saturated carbocycles. The van der Waals surface area contributed by atoms with Crippen molar-refractivity contribution in [3.63, 3.8) is 0 Å². The number of carbonyl (C=O) groups excluding carboxylic acids is 1. The van der Waals surface area contributed by atoms with Gasteiger partial charge in [-0.25, -0.2) is 9.79 Å². The smallest absolute Gasteiger partial charge is 0.338 e. The van der Waals surface area contributed by atoms with Gasteiger partial charge >= 0.3 is 5.97 Å². The highest BCUT2D eigenvalue weighted by atomic mass is 32.1. The molecule has 2 heterocycles. The number of nitrogens with zero attached hydrogens (tertiary/aromatic N) is 2. The summed E-state index contributed by atoms with van der Waals surface area (Å²) in [6.07, 6.45) is 1.79. The van der Waals surface area contributed by atoms with Crippen molar-refractivity contribution in [3.8, 4) is 17.2 Å². The summed E-state index contributed by atoms with van der Waals surface area (Å²) >= 11 is 1.25. The molecule has 4 rings (SSSR count). The van der Waals surface area contributed by atoms with Gasteiger partial charge in [-0.1, -0.05) is 35.6 Å². The van der Waals surface area contributed by atoms with Gasteiger partial charge in [-0.2, -0.15) is 0 Å². The number of methoxy groups -OCH3 is 3. The Kier molecular flexibility index (Phi) is 7.07. The molecule has 1 atom stereocenters. The molecule has 0 aliphatic carbocycles. The summed E-state index contributed by atoms with van der Waals surface area (Å²) < 4.78 is 23.8. The molecule has 35 heavy (non-hydrogen) atoms. The van der Waals surface area contributed by atoms with E-state index in [1.165, 1.54) is 30.1 Å². The first-order chi connectivity index (χ1) is 16.9. The quantitative estimate of drug-likeness (QED) is 0.470. The summed E-state index contributed by atoms with van der Waals surface area (Å²) in [6, 6.07) is 12.0. The Morgan fingerprint density at radius 3 is 2.57 bits per heavy atom. The third-order valence-corrected chi connectivity index (χ3v) is 6.62. The number of esters is 1. The van der Waals surface area contributed by atoms with E-state index in [0.29, 0.717) is 37.8 Å². The predicted molar refractivity (Wildman–Crippen MR) is 133 cm³/mol. The van der Waals surface area contributed by atoms with Crippen LogP contribution in [0.25, 0.3) is 6.08 Å². The monoisotopic (exact) mass is 494 g/mol. The van der Waals surface area contributed by atoms with Crippen LogP contribution in [-0.2, 0) is 9.53 Å². The lowest BCUT2D eigenvalue weighted by Crippen LogP contribution is -2.40. The normalized spacial score (nSPS) is 15.3. The molecule has 0 spiro atoms. The molecule has 182 valence electrons. The number of hydrogen-bond acceptors (Lipinski definition) is 8. The highest BCUT2D eigenvalue weighted by molar-refractivity contribution is 7.07. The maximum atomic E-state index is 13.7. The van der Waals surface area contributed by atoms with E-state index >= 15 is 0 Å². The van der Waals surface area contributed by atoms with Crippen LogP contribution in [0.3, 0.4) is 0 Å². The number of carbonyl (C=O) groups is 1. The van der Waals surface area contributed by atoms with Gasteiger partial charge < -0.3 is 18.9 Å². The van der Waals surface area contributed by atoms with E-state index in [2.05, 4.69) is 4.99 Å². The number of para-hydroxylation sites is 1. The fourth-order valence-electron chi connectivity index (χ4n) is 4.10. The number of rotatable bonds is 7. The van der Waals surface area contributed by atoms with Crippen LogP contribution in [0, 0.1) is 0 Å². The van der Waals surface area contributed by atoms with Crippen molar-refractivity contribution in [2.45, 2.75) is 19.9 Å². The number of thiazole rings is 1. The van der Waals surface area contributed by atoms with E-state index in [9.17, 15) is 9.59 Å². The molecule has 0 saturated heterocycles. The summed E-state index contributed by atoms with van der Waals surface area (Å²) in [5.41, 5.74) is 1.89. The molecule has 1 aliphatic rings. The van der Waals surface area contributed by atoms with E-state index < -0.39 is 12.0 Å². The molecule has 2 aromatic carbocycles. The number of benzene rings is 2. The highest BCUT2D eigenvalue weighted by Crippen LogP contribution is 2.40. The van der Waals surface area contributed by atoms with Crippen LogP contribution in [0.1, 0.15) is 31.0 Å². The second kappa shape index (κ2) is 10.2. The van der Waals surface area contributed by atoms with Crippen molar-refractivity contribution in [2.75, 3.05) is 27.9 Å². The van der Waals surface area contributed by atoms with Gasteiger partial charge in [0.25, 0.3) is 5.56 Å². The summed E-state index contributed by atoms with van der Waals surface area (Å²) in [4.78, 5) is 31.9. The third kappa shape index (κ3) is 4.46. The van der Waals surface area contributed by atoms with Gasteiger partial charge in [0.15, 0.2) is 16.3 Å². The van der Waals surface area contributed by atoms with Gasteiger partial charge in [0.05, 0.1) is 43.7 Å². The average molecular weight is 495 g/mol. The number of hydrogen-bond donors (Lipinski definition) is 0. The van der Waals surface area contributed by atoms with E-state index in [1.807, 2.05) is 30.3 Å². The Labute approximate surface area is 206 Å². The zero-order chi connectivity index (χ0) is 25.1. The van der Waals surface area contributed by atoms with Crippen molar-refractivity contribution < 1.29 is 23.7 Å². The first kappa shape index (κ1) is 24.3. The summed E-state index contributed by atoms with van der Waals surface area (Å²) in [6.45, 7) is 3.67. The lowest BCUT2D eigenvalue weighted by Gasteiger charge is -2.26. The van der Waals surface area contributed by atoms with Crippen LogP contribution in [0.4, 0.5) is 0 Å². The van der Waals surface area contributed by atoms with Crippen molar-refractivity contribution in [3.05, 3.63) is 84.5 Å². The Hall–Kier alpha value is -3.85. The fourth-order valence-corrected chi connectivity index (χ4v) is 5.14. The van der Waals surface area contributed by atoms with E-state index in [0.717, 1.165) is 5.56 Å². The third-order valence-electron chi connectivity index (χ3n) is 5.64. The van der Waals surface area contributed by atoms with E-state index in [-0.39, 0.29) is 17.7 Å². The Balaban J connectivity index is 2.01. The minimum Gasteiger partial charge on any atom is -0.497 e. The zero-order valence-electron chi connectivity index (χ0n) is 20.2. The molecule has 0 fully saturated rings. The Morgan fingerprint density at radius 1 is 1.11 bits per heavy atom. The lowest BCUT2D eigenvalue weighted by molar-refractivity contribution is -0.139. The molecular formula is C26H26N2O6S. The van der Waals surface area contributed by atoms with Crippen LogP contribution in [-0.4, -0.2) is 38.5 Å². The first-order valence-electron chi connectivity index (χ1n) is 11.0. The van der Waals surface area contributed by atoms with Crippen molar-refractivity contribution >= 4 is 23.4 Å². The molecule has 1 aromatic heterocycles. The molecular weight excluding hydrogens is 468 g/mol. The van der Waals surface area contributed by atoms with E-state index in [4.69, 9.17) is 18.9 Å². The Morgan fingerprint density at radius 2 is 1.89 bits per heavy atom. The average Bonchev–Trinajstić information content (AvgIpc) is 3.16. The molecule has 1 aliphatic heterocycles. The van der Waals surface area contributed by atoms with Crippen LogP contribution >= 0.6 is 11.3 Å². The van der Waals surface area contributed by atoms with Crippen molar-refractivity contribution in [2.24, 2.45) is 4.99 Å². The van der Waals surface area contributed by atoms with E-state index in [1.54, 1.807) is 39.2 Å². The van der Waals surface area contributed by atoms with Crippen LogP contribution in [0.5, 0.6) is 17.2 Å². The second-order valence-electron chi connectivity index (χ2n) is 7.66. The van der Waals surface area contributed by atoms with Crippen LogP contribution < -0.4 is 29.1 Å². The lowest BCUT2D eigenvalue weighted by atomic mass is 9.94.